The van der Waals surface area contributed by atoms with E-state index in [1.165, 1.54) is 48.5 Å². The summed E-state index contributed by atoms with van der Waals surface area (Å²) in [6, 6.07) is 18.5. The van der Waals surface area contributed by atoms with E-state index in [-0.39, 0.29) is 27.3 Å². The molecule has 154 valence electrons. The van der Waals surface area contributed by atoms with Gasteiger partial charge in [-0.2, -0.15) is 5.01 Å². The molecular formula is C23H14Cl2N2O4. The van der Waals surface area contributed by atoms with E-state index in [2.05, 4.69) is 0 Å². The summed E-state index contributed by atoms with van der Waals surface area (Å²) in [5, 5.41) is 2.11. The first-order chi connectivity index (χ1) is 14.9. The minimum atomic E-state index is -0.748. The van der Waals surface area contributed by atoms with Gasteiger partial charge in [0, 0.05) is 10.6 Å². The predicted molar refractivity (Wildman–Crippen MR) is 115 cm³/mol. The number of halogens is 2. The zero-order chi connectivity index (χ0) is 22.1. The summed E-state index contributed by atoms with van der Waals surface area (Å²) < 4.78 is 0. The van der Waals surface area contributed by atoms with Crippen LogP contribution in [0, 0.1) is 0 Å². The van der Waals surface area contributed by atoms with Crippen molar-refractivity contribution < 1.29 is 19.2 Å². The van der Waals surface area contributed by atoms with E-state index in [9.17, 15) is 19.2 Å². The maximum absolute atomic E-state index is 13.3. The van der Waals surface area contributed by atoms with Gasteiger partial charge in [-0.1, -0.05) is 47.5 Å². The number of Topliss-reactive ketones (excluding diaryl/α,β-unsaturated/α-hetero) is 1. The van der Waals surface area contributed by atoms with Gasteiger partial charge >= 0.3 is 0 Å². The molecule has 0 aliphatic carbocycles. The first kappa shape index (κ1) is 20.8. The molecule has 0 bridgehead atoms. The molecule has 0 fully saturated rings. The Kier molecular flexibility index (Phi) is 5.59. The van der Waals surface area contributed by atoms with Gasteiger partial charge in [-0.15, -0.1) is 0 Å². The van der Waals surface area contributed by atoms with Crippen molar-refractivity contribution in [3.63, 3.8) is 0 Å². The van der Waals surface area contributed by atoms with Crippen molar-refractivity contribution in [1.29, 1.82) is 0 Å². The lowest BCUT2D eigenvalue weighted by Gasteiger charge is -2.29. The van der Waals surface area contributed by atoms with Crippen LogP contribution in [0.5, 0.6) is 0 Å². The third kappa shape index (κ3) is 3.83. The standard InChI is InChI=1S/C23H14Cl2N2O4/c24-15-11-9-14(10-12-15)20(28)13-26(21(29)18-7-3-4-8-19(18)25)27-22(30)16-5-1-2-6-17(16)23(27)31/h1-12H,13H2. The Balaban J connectivity index is 1.75. The second-order valence-electron chi connectivity index (χ2n) is 6.74. The first-order valence-corrected chi connectivity index (χ1v) is 9.97. The second-order valence-corrected chi connectivity index (χ2v) is 7.58. The Morgan fingerprint density at radius 3 is 1.90 bits per heavy atom. The zero-order valence-electron chi connectivity index (χ0n) is 15.9. The van der Waals surface area contributed by atoms with Crippen LogP contribution >= 0.6 is 23.2 Å². The molecule has 31 heavy (non-hydrogen) atoms. The summed E-state index contributed by atoms with van der Waals surface area (Å²) in [4.78, 5) is 52.2. The quantitative estimate of drug-likeness (QED) is 0.420. The van der Waals surface area contributed by atoms with Gasteiger partial charge in [0.25, 0.3) is 17.7 Å². The Bertz CT molecular complexity index is 1190. The normalized spacial score (nSPS) is 12.6. The molecule has 0 spiro atoms. The van der Waals surface area contributed by atoms with Crippen LogP contribution in [0.15, 0.2) is 72.8 Å². The number of ketones is 1. The van der Waals surface area contributed by atoms with Gasteiger partial charge in [-0.05, 0) is 48.5 Å². The molecule has 1 aliphatic rings. The Labute approximate surface area is 187 Å². The summed E-state index contributed by atoms with van der Waals surface area (Å²) in [5.74, 6) is -2.61. The summed E-state index contributed by atoms with van der Waals surface area (Å²) in [6.07, 6.45) is 0. The summed E-state index contributed by atoms with van der Waals surface area (Å²) >= 11 is 12.0. The van der Waals surface area contributed by atoms with Gasteiger partial charge < -0.3 is 0 Å². The zero-order valence-corrected chi connectivity index (χ0v) is 17.4. The van der Waals surface area contributed by atoms with Crippen LogP contribution in [-0.2, 0) is 0 Å². The molecule has 3 aromatic rings. The van der Waals surface area contributed by atoms with Gasteiger partial charge in [0.05, 0.1) is 21.7 Å². The van der Waals surface area contributed by atoms with Crippen LogP contribution in [0.25, 0.3) is 0 Å². The van der Waals surface area contributed by atoms with Crippen molar-refractivity contribution in [1.82, 2.24) is 10.0 Å². The lowest BCUT2D eigenvalue weighted by atomic mass is 10.1. The first-order valence-electron chi connectivity index (χ1n) is 9.21. The highest BCUT2D eigenvalue weighted by Crippen LogP contribution is 2.27. The lowest BCUT2D eigenvalue weighted by molar-refractivity contribution is 0.00532. The fourth-order valence-corrected chi connectivity index (χ4v) is 3.61. The second kappa shape index (κ2) is 8.34. The van der Waals surface area contributed by atoms with Crippen LogP contribution in [0.3, 0.4) is 0 Å². The number of hydrogen-bond donors (Lipinski definition) is 0. The van der Waals surface area contributed by atoms with Crippen molar-refractivity contribution in [2.45, 2.75) is 0 Å². The van der Waals surface area contributed by atoms with E-state index in [1.807, 2.05) is 0 Å². The predicted octanol–water partition coefficient (Wildman–Crippen LogP) is 4.53. The highest BCUT2D eigenvalue weighted by molar-refractivity contribution is 6.34. The lowest BCUT2D eigenvalue weighted by Crippen LogP contribution is -2.51. The van der Waals surface area contributed by atoms with E-state index < -0.39 is 30.0 Å². The topological polar surface area (TPSA) is 74.8 Å². The van der Waals surface area contributed by atoms with Crippen LogP contribution in [0.4, 0.5) is 0 Å². The molecule has 8 heteroatoms. The van der Waals surface area contributed by atoms with Crippen LogP contribution in [-0.4, -0.2) is 40.1 Å². The number of fused-ring (bicyclic) bond motifs is 1. The maximum Gasteiger partial charge on any atom is 0.280 e. The molecule has 1 heterocycles. The van der Waals surface area contributed by atoms with E-state index in [4.69, 9.17) is 23.2 Å². The molecule has 4 rings (SSSR count). The van der Waals surface area contributed by atoms with Gasteiger partial charge in [-0.3, -0.25) is 19.2 Å². The Morgan fingerprint density at radius 1 is 0.774 bits per heavy atom. The number of hydrogen-bond acceptors (Lipinski definition) is 4. The molecule has 0 unspecified atom stereocenters. The fourth-order valence-electron chi connectivity index (χ4n) is 3.27. The van der Waals surface area contributed by atoms with Crippen molar-refractivity contribution in [2.75, 3.05) is 6.54 Å². The average molecular weight is 453 g/mol. The highest BCUT2D eigenvalue weighted by atomic mass is 35.5. The monoisotopic (exact) mass is 452 g/mol. The minimum Gasteiger partial charge on any atom is -0.292 e. The van der Waals surface area contributed by atoms with Gasteiger partial charge in [0.2, 0.25) is 0 Å². The third-order valence-electron chi connectivity index (χ3n) is 4.81. The largest absolute Gasteiger partial charge is 0.292 e. The summed E-state index contributed by atoms with van der Waals surface area (Å²) in [5.41, 5.74) is 0.648. The molecule has 0 aromatic heterocycles. The van der Waals surface area contributed by atoms with Crippen molar-refractivity contribution in [3.05, 3.63) is 105 Å². The van der Waals surface area contributed by atoms with Crippen LogP contribution in [0.1, 0.15) is 41.4 Å². The van der Waals surface area contributed by atoms with Gasteiger partial charge in [-0.25, -0.2) is 5.01 Å². The average Bonchev–Trinajstić information content (AvgIpc) is 3.03. The molecular weight excluding hydrogens is 439 g/mol. The maximum atomic E-state index is 13.3. The summed E-state index contributed by atoms with van der Waals surface area (Å²) in [6.45, 7) is -0.544. The van der Waals surface area contributed by atoms with Crippen LogP contribution in [0.2, 0.25) is 10.0 Å². The number of imide groups is 1. The van der Waals surface area contributed by atoms with Crippen molar-refractivity contribution in [3.8, 4) is 0 Å². The number of carbonyl (C=O) groups is 4. The molecule has 0 saturated carbocycles. The fraction of sp³-hybridized carbons (Fsp3) is 0.0435. The molecule has 3 aromatic carbocycles. The Hall–Kier alpha value is -3.48. The number of carbonyl (C=O) groups excluding carboxylic acids is 4. The van der Waals surface area contributed by atoms with E-state index in [1.54, 1.807) is 24.3 Å². The van der Waals surface area contributed by atoms with E-state index >= 15 is 0 Å². The van der Waals surface area contributed by atoms with Gasteiger partial charge in [0.15, 0.2) is 5.78 Å². The van der Waals surface area contributed by atoms with Gasteiger partial charge in [0.1, 0.15) is 6.54 Å². The molecule has 0 saturated heterocycles. The summed E-state index contributed by atoms with van der Waals surface area (Å²) in [7, 11) is 0. The number of hydrazine groups is 1. The third-order valence-corrected chi connectivity index (χ3v) is 5.39. The Morgan fingerprint density at radius 2 is 1.32 bits per heavy atom. The van der Waals surface area contributed by atoms with E-state index in [0.29, 0.717) is 10.0 Å². The molecule has 0 radical (unpaired) electrons. The van der Waals surface area contributed by atoms with Crippen molar-refractivity contribution >= 4 is 46.7 Å². The SMILES string of the molecule is O=C(CN(C(=O)c1ccccc1Cl)N1C(=O)c2ccccc2C1=O)c1ccc(Cl)cc1. The molecule has 0 N–H and O–H groups in total. The molecule has 1 aliphatic heterocycles. The highest BCUT2D eigenvalue weighted by Gasteiger charge is 2.42. The number of amides is 3. The van der Waals surface area contributed by atoms with Crippen molar-refractivity contribution in [2.24, 2.45) is 0 Å². The molecule has 0 atom stereocenters. The van der Waals surface area contributed by atoms with E-state index in [0.717, 1.165) is 5.01 Å². The smallest absolute Gasteiger partial charge is 0.280 e. The number of nitrogens with zero attached hydrogens (tertiary/aromatic N) is 2. The molecule has 6 nitrogen and oxygen atoms in total. The minimum absolute atomic E-state index is 0.0598. The molecule has 3 amide bonds. The van der Waals surface area contributed by atoms with Crippen LogP contribution < -0.4 is 0 Å². The number of benzene rings is 3. The number of rotatable bonds is 5.